The Labute approximate surface area is 131 Å². The van der Waals surface area contributed by atoms with Gasteiger partial charge in [-0.1, -0.05) is 12.8 Å². The van der Waals surface area contributed by atoms with E-state index in [0.717, 1.165) is 25.1 Å². The number of nitrogens with one attached hydrogen (secondary N) is 1. The van der Waals surface area contributed by atoms with Crippen LogP contribution in [0.3, 0.4) is 0 Å². The first-order chi connectivity index (χ1) is 10.6. The second-order valence-electron chi connectivity index (χ2n) is 6.52. The average molecular weight is 303 g/mol. The van der Waals surface area contributed by atoms with E-state index in [1.807, 2.05) is 17.9 Å². The van der Waals surface area contributed by atoms with Crippen LogP contribution in [0.4, 0.5) is 0 Å². The van der Waals surface area contributed by atoms with Gasteiger partial charge in [-0.25, -0.2) is 0 Å². The summed E-state index contributed by atoms with van der Waals surface area (Å²) in [6, 6.07) is 4.15. The molecule has 22 heavy (non-hydrogen) atoms. The lowest BCUT2D eigenvalue weighted by Crippen LogP contribution is -2.45. The van der Waals surface area contributed by atoms with Crippen molar-refractivity contribution in [3.8, 4) is 0 Å². The fourth-order valence-electron chi connectivity index (χ4n) is 3.74. The Morgan fingerprint density at radius 1 is 1.27 bits per heavy atom. The molecule has 0 radical (unpaired) electrons. The Balaban J connectivity index is 1.49. The summed E-state index contributed by atoms with van der Waals surface area (Å²) >= 11 is 0. The van der Waals surface area contributed by atoms with Crippen molar-refractivity contribution in [3.63, 3.8) is 0 Å². The number of amides is 2. The lowest BCUT2D eigenvalue weighted by molar-refractivity contribution is -0.135. The molecule has 1 aliphatic carbocycles. The maximum atomic E-state index is 12.4. The normalized spacial score (nSPS) is 21.7. The minimum Gasteiger partial charge on any atom is -0.348 e. The van der Waals surface area contributed by atoms with Crippen LogP contribution in [0.2, 0.25) is 0 Å². The van der Waals surface area contributed by atoms with E-state index in [1.165, 1.54) is 12.8 Å². The Morgan fingerprint density at radius 3 is 2.82 bits per heavy atom. The minimum absolute atomic E-state index is 0.0136. The summed E-state index contributed by atoms with van der Waals surface area (Å²) in [6.07, 6.45) is 7.41. The molecule has 1 saturated carbocycles. The van der Waals surface area contributed by atoms with Crippen LogP contribution < -0.4 is 5.32 Å². The van der Waals surface area contributed by atoms with Crippen molar-refractivity contribution in [1.82, 2.24) is 14.8 Å². The third kappa shape index (κ3) is 3.18. The van der Waals surface area contributed by atoms with Crippen molar-refractivity contribution in [3.05, 3.63) is 24.0 Å². The highest BCUT2D eigenvalue weighted by Crippen LogP contribution is 2.27. The van der Waals surface area contributed by atoms with Crippen molar-refractivity contribution < 1.29 is 9.59 Å². The van der Waals surface area contributed by atoms with Crippen molar-refractivity contribution in [2.24, 2.45) is 5.92 Å². The van der Waals surface area contributed by atoms with E-state index in [-0.39, 0.29) is 24.4 Å². The first-order valence-electron chi connectivity index (χ1n) is 8.36. The Kier molecular flexibility index (Phi) is 4.50. The summed E-state index contributed by atoms with van der Waals surface area (Å²) < 4.78 is 2.19. The largest absolute Gasteiger partial charge is 0.348 e. The SMILES string of the molecule is CC1c2cccn2CCN1C(=O)CNC(=O)CC1CCCC1. The molecule has 1 fully saturated rings. The number of aromatic nitrogens is 1. The predicted molar refractivity (Wildman–Crippen MR) is 84.1 cm³/mol. The molecule has 2 heterocycles. The molecular formula is C17H25N3O2. The molecule has 5 nitrogen and oxygen atoms in total. The quantitative estimate of drug-likeness (QED) is 0.926. The molecule has 1 aliphatic heterocycles. The van der Waals surface area contributed by atoms with Crippen molar-refractivity contribution in [1.29, 1.82) is 0 Å². The maximum absolute atomic E-state index is 12.4. The van der Waals surface area contributed by atoms with E-state index in [0.29, 0.717) is 18.9 Å². The highest BCUT2D eigenvalue weighted by Gasteiger charge is 2.27. The van der Waals surface area contributed by atoms with Gasteiger partial charge in [-0.2, -0.15) is 0 Å². The highest BCUT2D eigenvalue weighted by atomic mass is 16.2. The van der Waals surface area contributed by atoms with Crippen LogP contribution in [0.1, 0.15) is 50.8 Å². The van der Waals surface area contributed by atoms with Gasteiger partial charge in [0.2, 0.25) is 11.8 Å². The molecule has 0 spiro atoms. The Morgan fingerprint density at radius 2 is 2.05 bits per heavy atom. The number of fused-ring (bicyclic) bond motifs is 1. The molecule has 1 aromatic heterocycles. The molecule has 1 aromatic rings. The van der Waals surface area contributed by atoms with E-state index in [1.54, 1.807) is 0 Å². The van der Waals surface area contributed by atoms with Crippen LogP contribution in [-0.2, 0) is 16.1 Å². The number of nitrogens with zero attached hydrogens (tertiary/aromatic N) is 2. The lowest BCUT2D eigenvalue weighted by atomic mass is 10.0. The van der Waals surface area contributed by atoms with Gasteiger partial charge in [-0.15, -0.1) is 0 Å². The highest BCUT2D eigenvalue weighted by molar-refractivity contribution is 5.85. The molecule has 0 saturated heterocycles. The summed E-state index contributed by atoms with van der Waals surface area (Å²) in [4.78, 5) is 26.2. The van der Waals surface area contributed by atoms with Crippen LogP contribution in [0.25, 0.3) is 0 Å². The predicted octanol–water partition coefficient (Wildman–Crippen LogP) is 2.09. The molecule has 5 heteroatoms. The van der Waals surface area contributed by atoms with E-state index in [4.69, 9.17) is 0 Å². The van der Waals surface area contributed by atoms with Crippen LogP contribution in [0, 0.1) is 5.92 Å². The average Bonchev–Trinajstić information content (AvgIpc) is 3.16. The van der Waals surface area contributed by atoms with Gasteiger partial charge >= 0.3 is 0 Å². The molecule has 2 amide bonds. The lowest BCUT2D eigenvalue weighted by Gasteiger charge is -2.35. The van der Waals surface area contributed by atoms with Gasteiger partial charge in [0.05, 0.1) is 12.6 Å². The van der Waals surface area contributed by atoms with Crippen molar-refractivity contribution in [2.75, 3.05) is 13.1 Å². The number of carbonyl (C=O) groups excluding carboxylic acids is 2. The van der Waals surface area contributed by atoms with Gasteiger partial charge in [-0.3, -0.25) is 9.59 Å². The molecule has 0 aromatic carbocycles. The molecule has 1 atom stereocenters. The maximum Gasteiger partial charge on any atom is 0.242 e. The van der Waals surface area contributed by atoms with Crippen LogP contribution in [0.5, 0.6) is 0 Å². The zero-order valence-electron chi connectivity index (χ0n) is 13.3. The van der Waals surface area contributed by atoms with Gasteiger partial charge in [-0.05, 0) is 37.8 Å². The standard InChI is InChI=1S/C17H25N3O2/c1-13-15-7-4-8-19(15)9-10-20(13)17(22)12-18-16(21)11-14-5-2-3-6-14/h4,7-8,13-14H,2-3,5-6,9-12H2,1H3,(H,18,21). The van der Waals surface area contributed by atoms with Gasteiger partial charge in [0.15, 0.2) is 0 Å². The number of hydrogen-bond acceptors (Lipinski definition) is 2. The first-order valence-corrected chi connectivity index (χ1v) is 8.36. The molecule has 1 N–H and O–H groups in total. The van der Waals surface area contributed by atoms with E-state index >= 15 is 0 Å². The fraction of sp³-hybridized carbons (Fsp3) is 0.647. The molecule has 3 rings (SSSR count). The Hall–Kier alpha value is -1.78. The van der Waals surface area contributed by atoms with E-state index < -0.39 is 0 Å². The third-order valence-electron chi connectivity index (χ3n) is 5.05. The van der Waals surface area contributed by atoms with Crippen molar-refractivity contribution in [2.45, 2.75) is 51.6 Å². The summed E-state index contributed by atoms with van der Waals surface area (Å²) in [5, 5.41) is 2.81. The summed E-state index contributed by atoms with van der Waals surface area (Å²) in [7, 11) is 0. The zero-order valence-corrected chi connectivity index (χ0v) is 13.3. The van der Waals surface area contributed by atoms with Crippen molar-refractivity contribution >= 4 is 11.8 Å². The number of carbonyl (C=O) groups is 2. The second kappa shape index (κ2) is 6.55. The second-order valence-corrected chi connectivity index (χ2v) is 6.52. The first kappa shape index (κ1) is 15.1. The molecule has 2 aliphatic rings. The topological polar surface area (TPSA) is 54.3 Å². The number of rotatable bonds is 4. The summed E-state index contributed by atoms with van der Waals surface area (Å²) in [5.41, 5.74) is 1.16. The number of hydrogen-bond donors (Lipinski definition) is 1. The van der Waals surface area contributed by atoms with E-state index in [9.17, 15) is 9.59 Å². The van der Waals surface area contributed by atoms with Crippen LogP contribution >= 0.6 is 0 Å². The molecule has 120 valence electrons. The molecular weight excluding hydrogens is 278 g/mol. The molecule has 1 unspecified atom stereocenters. The van der Waals surface area contributed by atoms with Gasteiger partial charge < -0.3 is 14.8 Å². The molecule has 0 bridgehead atoms. The minimum atomic E-state index is 0.0136. The van der Waals surface area contributed by atoms with Crippen LogP contribution in [0.15, 0.2) is 18.3 Å². The van der Waals surface area contributed by atoms with Gasteiger partial charge in [0.25, 0.3) is 0 Å². The fourth-order valence-corrected chi connectivity index (χ4v) is 3.74. The summed E-state index contributed by atoms with van der Waals surface area (Å²) in [5.74, 6) is 0.556. The van der Waals surface area contributed by atoms with E-state index in [2.05, 4.69) is 22.1 Å². The monoisotopic (exact) mass is 303 g/mol. The van der Waals surface area contributed by atoms with Crippen LogP contribution in [-0.4, -0.2) is 34.4 Å². The van der Waals surface area contributed by atoms with Gasteiger partial charge in [0, 0.05) is 31.4 Å². The third-order valence-corrected chi connectivity index (χ3v) is 5.05. The summed E-state index contributed by atoms with van der Waals surface area (Å²) in [6.45, 7) is 3.70. The van der Waals surface area contributed by atoms with Gasteiger partial charge in [0.1, 0.15) is 0 Å². The smallest absolute Gasteiger partial charge is 0.242 e. The zero-order chi connectivity index (χ0) is 15.5. The Bertz CT molecular complexity index is 546.